The Bertz CT molecular complexity index is 369. The average molecular weight is 312 g/mol. The van der Waals surface area contributed by atoms with Crippen molar-refractivity contribution >= 4 is 36.4 Å². The van der Waals surface area contributed by atoms with Crippen LogP contribution in [0.25, 0.3) is 0 Å². The Morgan fingerprint density at radius 3 is 2.67 bits per heavy atom. The van der Waals surface area contributed by atoms with Crippen LogP contribution in [0.3, 0.4) is 0 Å². The van der Waals surface area contributed by atoms with E-state index in [1.54, 1.807) is 0 Å². The van der Waals surface area contributed by atoms with Gasteiger partial charge >= 0.3 is 0 Å². The summed E-state index contributed by atoms with van der Waals surface area (Å²) in [4.78, 5) is 2.47. The van der Waals surface area contributed by atoms with Gasteiger partial charge in [-0.1, -0.05) is 23.7 Å². The Morgan fingerprint density at radius 1 is 1.33 bits per heavy atom. The predicted molar refractivity (Wildman–Crippen MR) is 83.3 cm³/mol. The number of halogens is 3. The SMILES string of the molecule is CC1(C)CN(Cc2cccc(Cl)c2)CCN1.Cl.Cl. The van der Waals surface area contributed by atoms with E-state index in [4.69, 9.17) is 11.6 Å². The molecule has 1 aromatic carbocycles. The first kappa shape index (κ1) is 18.0. The minimum Gasteiger partial charge on any atom is -0.309 e. The molecule has 1 saturated heterocycles. The molecule has 0 radical (unpaired) electrons. The van der Waals surface area contributed by atoms with Crippen molar-refractivity contribution in [2.24, 2.45) is 0 Å². The third-order valence-corrected chi connectivity index (χ3v) is 3.18. The third-order valence-electron chi connectivity index (χ3n) is 2.95. The summed E-state index contributed by atoms with van der Waals surface area (Å²) < 4.78 is 0. The van der Waals surface area contributed by atoms with Crippen molar-refractivity contribution in [2.75, 3.05) is 19.6 Å². The molecule has 0 spiro atoms. The molecule has 1 heterocycles. The number of benzene rings is 1. The molecule has 1 aliphatic heterocycles. The van der Waals surface area contributed by atoms with Crippen molar-refractivity contribution in [1.82, 2.24) is 10.2 Å². The number of rotatable bonds is 2. The molecular formula is C13H21Cl3N2. The summed E-state index contributed by atoms with van der Waals surface area (Å²) in [6.07, 6.45) is 0. The molecule has 0 atom stereocenters. The van der Waals surface area contributed by atoms with Crippen molar-refractivity contribution in [3.05, 3.63) is 34.9 Å². The second-order valence-electron chi connectivity index (χ2n) is 5.15. The highest BCUT2D eigenvalue weighted by Crippen LogP contribution is 2.16. The molecule has 18 heavy (non-hydrogen) atoms. The smallest absolute Gasteiger partial charge is 0.0409 e. The van der Waals surface area contributed by atoms with Gasteiger partial charge in [-0.2, -0.15) is 0 Å². The second-order valence-corrected chi connectivity index (χ2v) is 5.59. The van der Waals surface area contributed by atoms with Crippen LogP contribution in [-0.4, -0.2) is 30.1 Å². The van der Waals surface area contributed by atoms with E-state index in [2.05, 4.69) is 36.2 Å². The van der Waals surface area contributed by atoms with Crippen molar-refractivity contribution < 1.29 is 0 Å². The number of nitrogens with one attached hydrogen (secondary N) is 1. The topological polar surface area (TPSA) is 15.3 Å². The summed E-state index contributed by atoms with van der Waals surface area (Å²) >= 11 is 5.99. The van der Waals surface area contributed by atoms with Crippen molar-refractivity contribution in [3.63, 3.8) is 0 Å². The van der Waals surface area contributed by atoms with E-state index in [0.29, 0.717) is 0 Å². The lowest BCUT2D eigenvalue weighted by atomic mass is 10.0. The Balaban J connectivity index is 0.00000144. The molecule has 1 N–H and O–H groups in total. The lowest BCUT2D eigenvalue weighted by molar-refractivity contribution is 0.148. The summed E-state index contributed by atoms with van der Waals surface area (Å²) in [7, 11) is 0. The lowest BCUT2D eigenvalue weighted by Crippen LogP contribution is -2.56. The number of nitrogens with zero attached hydrogens (tertiary/aromatic N) is 1. The fourth-order valence-corrected chi connectivity index (χ4v) is 2.49. The molecule has 104 valence electrons. The lowest BCUT2D eigenvalue weighted by Gasteiger charge is -2.39. The van der Waals surface area contributed by atoms with E-state index >= 15 is 0 Å². The number of piperazine rings is 1. The van der Waals surface area contributed by atoms with Crippen LogP contribution in [0.5, 0.6) is 0 Å². The standard InChI is InChI=1S/C13H19ClN2.2ClH/c1-13(2)10-16(7-6-15-13)9-11-4-3-5-12(14)8-11;;/h3-5,8,15H,6-7,9-10H2,1-2H3;2*1H. The van der Waals surface area contributed by atoms with Crippen LogP contribution in [0.15, 0.2) is 24.3 Å². The molecule has 0 aromatic heterocycles. The van der Waals surface area contributed by atoms with E-state index in [-0.39, 0.29) is 30.4 Å². The maximum absolute atomic E-state index is 5.99. The van der Waals surface area contributed by atoms with E-state index in [9.17, 15) is 0 Å². The minimum absolute atomic E-state index is 0. The molecule has 1 fully saturated rings. The molecule has 2 nitrogen and oxygen atoms in total. The normalized spacial score (nSPS) is 18.6. The number of hydrogen-bond acceptors (Lipinski definition) is 2. The molecule has 1 aliphatic rings. The predicted octanol–water partition coefficient (Wildman–Crippen LogP) is 3.37. The van der Waals surface area contributed by atoms with E-state index in [0.717, 1.165) is 31.2 Å². The zero-order valence-electron chi connectivity index (χ0n) is 10.8. The van der Waals surface area contributed by atoms with Gasteiger partial charge in [0.2, 0.25) is 0 Å². The Labute approximate surface area is 127 Å². The van der Waals surface area contributed by atoms with E-state index < -0.39 is 0 Å². The fourth-order valence-electron chi connectivity index (χ4n) is 2.27. The molecule has 2 rings (SSSR count). The van der Waals surface area contributed by atoms with Gasteiger partial charge < -0.3 is 5.32 Å². The van der Waals surface area contributed by atoms with Crippen LogP contribution in [0.2, 0.25) is 5.02 Å². The maximum atomic E-state index is 5.99. The quantitative estimate of drug-likeness (QED) is 0.901. The Morgan fingerprint density at radius 2 is 2.06 bits per heavy atom. The monoisotopic (exact) mass is 310 g/mol. The molecule has 5 heteroatoms. The first-order valence-electron chi connectivity index (χ1n) is 5.77. The van der Waals surface area contributed by atoms with Crippen LogP contribution in [0.1, 0.15) is 19.4 Å². The zero-order chi connectivity index (χ0) is 11.6. The summed E-state index contributed by atoms with van der Waals surface area (Å²) in [6, 6.07) is 8.13. The van der Waals surface area contributed by atoms with Crippen molar-refractivity contribution in [1.29, 1.82) is 0 Å². The molecule has 0 saturated carbocycles. The van der Waals surface area contributed by atoms with Gasteiger partial charge in [0.15, 0.2) is 0 Å². The maximum Gasteiger partial charge on any atom is 0.0409 e. The first-order chi connectivity index (χ1) is 7.55. The van der Waals surface area contributed by atoms with Crippen LogP contribution >= 0.6 is 36.4 Å². The second kappa shape index (κ2) is 7.56. The van der Waals surface area contributed by atoms with Gasteiger partial charge in [-0.05, 0) is 31.5 Å². The van der Waals surface area contributed by atoms with Crippen LogP contribution < -0.4 is 5.32 Å². The minimum atomic E-state index is 0. The highest BCUT2D eigenvalue weighted by molar-refractivity contribution is 6.30. The molecule has 0 amide bonds. The third kappa shape index (κ3) is 5.33. The van der Waals surface area contributed by atoms with Crippen molar-refractivity contribution in [2.45, 2.75) is 25.9 Å². The molecule has 0 aliphatic carbocycles. The Hall–Kier alpha value is 0.01000. The first-order valence-corrected chi connectivity index (χ1v) is 6.15. The largest absolute Gasteiger partial charge is 0.309 e. The molecule has 0 bridgehead atoms. The van der Waals surface area contributed by atoms with Gasteiger partial charge in [0.05, 0.1) is 0 Å². The fraction of sp³-hybridized carbons (Fsp3) is 0.538. The van der Waals surface area contributed by atoms with E-state index in [1.165, 1.54) is 5.56 Å². The number of hydrogen-bond donors (Lipinski definition) is 1. The highest BCUT2D eigenvalue weighted by atomic mass is 35.5. The van der Waals surface area contributed by atoms with Gasteiger partial charge in [0, 0.05) is 36.7 Å². The van der Waals surface area contributed by atoms with Crippen LogP contribution in [0, 0.1) is 0 Å². The van der Waals surface area contributed by atoms with Gasteiger partial charge in [-0.15, -0.1) is 24.8 Å². The molecular weight excluding hydrogens is 291 g/mol. The van der Waals surface area contributed by atoms with Gasteiger partial charge in [0.25, 0.3) is 0 Å². The van der Waals surface area contributed by atoms with Gasteiger partial charge in [-0.3, -0.25) is 4.90 Å². The van der Waals surface area contributed by atoms with Crippen LogP contribution in [0.4, 0.5) is 0 Å². The molecule has 1 aromatic rings. The van der Waals surface area contributed by atoms with Gasteiger partial charge in [0.1, 0.15) is 0 Å². The van der Waals surface area contributed by atoms with Gasteiger partial charge in [-0.25, -0.2) is 0 Å². The zero-order valence-corrected chi connectivity index (χ0v) is 13.2. The van der Waals surface area contributed by atoms with E-state index in [1.807, 2.05) is 12.1 Å². The summed E-state index contributed by atoms with van der Waals surface area (Å²) in [5.41, 5.74) is 1.52. The summed E-state index contributed by atoms with van der Waals surface area (Å²) in [5.74, 6) is 0. The summed E-state index contributed by atoms with van der Waals surface area (Å²) in [6.45, 7) is 8.74. The highest BCUT2D eigenvalue weighted by Gasteiger charge is 2.25. The molecule has 0 unspecified atom stereocenters. The Kier molecular flexibility index (Phi) is 7.57. The van der Waals surface area contributed by atoms with Crippen LogP contribution in [-0.2, 0) is 6.54 Å². The summed E-state index contributed by atoms with van der Waals surface area (Å²) in [5, 5.41) is 4.34. The average Bonchev–Trinajstić information content (AvgIpc) is 2.15. The van der Waals surface area contributed by atoms with Crippen molar-refractivity contribution in [3.8, 4) is 0 Å².